The molecule has 0 aliphatic carbocycles. The molecule has 2 atom stereocenters. The molecule has 0 heterocycles. The first kappa shape index (κ1) is 38.1. The number of urea groups is 1. The lowest BCUT2D eigenvalue weighted by Gasteiger charge is -2.36. The molecule has 3 aromatic rings. The summed E-state index contributed by atoms with van der Waals surface area (Å²) in [5.74, 6) is 0.150. The fourth-order valence-corrected chi connectivity index (χ4v) is 5.21. The van der Waals surface area contributed by atoms with Crippen molar-refractivity contribution in [3.8, 4) is 5.75 Å². The highest BCUT2D eigenvalue weighted by molar-refractivity contribution is 6.69. The first-order valence-electron chi connectivity index (χ1n) is 16.1. The molecule has 0 saturated heterocycles. The van der Waals surface area contributed by atoms with Gasteiger partial charge in [-0.2, -0.15) is 0 Å². The molecule has 0 radical (unpaired) electrons. The maximum absolute atomic E-state index is 13.6. The van der Waals surface area contributed by atoms with Gasteiger partial charge in [0.1, 0.15) is 24.1 Å². The summed E-state index contributed by atoms with van der Waals surface area (Å²) in [6.45, 7) is 13.8. The lowest BCUT2D eigenvalue weighted by atomic mass is 10.0. The Morgan fingerprint density at radius 3 is 2.17 bits per heavy atom. The first-order valence-corrected chi connectivity index (χ1v) is 19.5. The molecule has 3 amide bonds. The van der Waals surface area contributed by atoms with Crippen LogP contribution in [0.5, 0.6) is 5.75 Å². The smallest absolute Gasteiger partial charge is 0.410 e. The van der Waals surface area contributed by atoms with Crippen molar-refractivity contribution < 1.29 is 38.1 Å². The van der Waals surface area contributed by atoms with Gasteiger partial charge in [0.25, 0.3) is 0 Å². The molecule has 0 saturated carbocycles. The summed E-state index contributed by atoms with van der Waals surface area (Å²) in [4.78, 5) is 39.8. The average molecular weight is 680 g/mol. The Bertz CT molecular complexity index is 1470. The van der Waals surface area contributed by atoms with Crippen LogP contribution in [0.3, 0.4) is 0 Å². The van der Waals surface area contributed by atoms with E-state index in [2.05, 4.69) is 30.3 Å². The molecule has 0 fully saturated rings. The molecule has 48 heavy (non-hydrogen) atoms. The van der Waals surface area contributed by atoms with Gasteiger partial charge in [-0.3, -0.25) is 4.90 Å². The van der Waals surface area contributed by atoms with E-state index in [-0.39, 0.29) is 26.4 Å². The van der Waals surface area contributed by atoms with Crippen molar-refractivity contribution in [3.63, 3.8) is 0 Å². The predicted octanol–water partition coefficient (Wildman–Crippen LogP) is 6.95. The second-order valence-corrected chi connectivity index (χ2v) is 17.8. The molecule has 3 aromatic carbocycles. The highest BCUT2D eigenvalue weighted by Gasteiger charge is 2.32. The summed E-state index contributed by atoms with van der Waals surface area (Å²) in [5, 5.41) is 16.5. The van der Waals surface area contributed by atoms with Crippen molar-refractivity contribution in [3.05, 3.63) is 90.0 Å². The molecule has 0 spiro atoms. The van der Waals surface area contributed by atoms with E-state index in [0.29, 0.717) is 29.1 Å². The van der Waals surface area contributed by atoms with E-state index in [1.165, 1.54) is 4.90 Å². The number of amides is 3. The number of benzene rings is 3. The van der Waals surface area contributed by atoms with Gasteiger partial charge in [-0.05, 0) is 102 Å². The molecule has 260 valence electrons. The summed E-state index contributed by atoms with van der Waals surface area (Å²) in [5.41, 5.74) is 1.46. The van der Waals surface area contributed by atoms with Crippen LogP contribution < -0.4 is 15.4 Å². The molecular weight excluding hydrogens is 630 g/mol. The Kier molecular flexibility index (Phi) is 14.0. The van der Waals surface area contributed by atoms with Crippen molar-refractivity contribution in [2.45, 2.75) is 71.5 Å². The predicted molar refractivity (Wildman–Crippen MR) is 189 cm³/mol. The van der Waals surface area contributed by atoms with Gasteiger partial charge in [0.15, 0.2) is 8.32 Å². The third kappa shape index (κ3) is 13.8. The van der Waals surface area contributed by atoms with Crippen LogP contribution in [0.4, 0.5) is 21.0 Å². The summed E-state index contributed by atoms with van der Waals surface area (Å²) >= 11 is 0. The largest absolute Gasteiger partial charge is 0.491 e. The molecule has 0 aromatic heterocycles. The Balaban J connectivity index is 1.74. The Labute approximate surface area is 284 Å². The lowest BCUT2D eigenvalue weighted by Crippen LogP contribution is -2.51. The van der Waals surface area contributed by atoms with Crippen molar-refractivity contribution in [2.75, 3.05) is 37.0 Å². The van der Waals surface area contributed by atoms with Crippen LogP contribution >= 0.6 is 0 Å². The Morgan fingerprint density at radius 2 is 1.54 bits per heavy atom. The molecule has 0 aliphatic heterocycles. The van der Waals surface area contributed by atoms with E-state index in [1.807, 2.05) is 30.3 Å². The number of para-hydroxylation sites is 1. The molecule has 0 bridgehead atoms. The number of nitrogens with one attached hydrogen (secondary N) is 2. The molecular formula is C36H49N3O8Si. The van der Waals surface area contributed by atoms with E-state index in [4.69, 9.17) is 18.6 Å². The SMILES string of the molecule is CCOC(=O)c1cccc(NC(=O)Nc2ccc(C[C@@H](CO[Si](C)(C)C)N(C[C@H](O)COc3ccccc3)C(=O)OC(C)(C)C)cc2)c1. The van der Waals surface area contributed by atoms with Gasteiger partial charge in [0.05, 0.1) is 31.4 Å². The number of carbonyl (C=O) groups excluding carboxylic acids is 3. The van der Waals surface area contributed by atoms with Crippen molar-refractivity contribution in [1.82, 2.24) is 4.90 Å². The number of ether oxygens (including phenoxy) is 3. The number of aliphatic hydroxyl groups is 1. The second-order valence-electron chi connectivity index (χ2n) is 13.3. The molecule has 3 rings (SSSR count). The maximum Gasteiger partial charge on any atom is 0.410 e. The zero-order chi connectivity index (χ0) is 35.3. The van der Waals surface area contributed by atoms with Crippen LogP contribution in [0.1, 0.15) is 43.6 Å². The van der Waals surface area contributed by atoms with Crippen molar-refractivity contribution in [1.29, 1.82) is 0 Å². The normalized spacial score (nSPS) is 12.8. The molecule has 3 N–H and O–H groups in total. The summed E-state index contributed by atoms with van der Waals surface area (Å²) in [7, 11) is -1.98. The van der Waals surface area contributed by atoms with Crippen LogP contribution in [0.25, 0.3) is 0 Å². The standard InChI is InChI=1S/C36H49N3O8Si/c1-8-44-33(41)27-13-12-14-29(22-27)38-34(42)37-28-19-17-26(18-20-28)21-30(24-46-48(5,6)7)39(35(43)47-36(2,3)4)23-31(40)25-45-32-15-10-9-11-16-32/h9-20,22,30-31,40H,8,21,23-25H2,1-7H3,(H2,37,38,42)/t30-,31-/m0/s1. The second kappa shape index (κ2) is 17.7. The van der Waals surface area contributed by atoms with Crippen LogP contribution in [-0.4, -0.2) is 80.5 Å². The van der Waals surface area contributed by atoms with Crippen LogP contribution in [-0.2, 0) is 20.3 Å². The number of nitrogens with zero attached hydrogens (tertiary/aromatic N) is 1. The van der Waals surface area contributed by atoms with Gasteiger partial charge in [-0.1, -0.05) is 36.4 Å². The number of hydrogen-bond donors (Lipinski definition) is 3. The molecule has 0 aliphatic rings. The first-order chi connectivity index (χ1) is 22.6. The monoisotopic (exact) mass is 679 g/mol. The summed E-state index contributed by atoms with van der Waals surface area (Å²) in [6, 6.07) is 22.0. The summed E-state index contributed by atoms with van der Waals surface area (Å²) in [6.07, 6.45) is -1.15. The van der Waals surface area contributed by atoms with Gasteiger partial charge in [0, 0.05) is 11.4 Å². The third-order valence-electron chi connectivity index (χ3n) is 6.69. The van der Waals surface area contributed by atoms with Crippen molar-refractivity contribution in [2.24, 2.45) is 0 Å². The van der Waals surface area contributed by atoms with Crippen LogP contribution in [0.2, 0.25) is 19.6 Å². The number of rotatable bonds is 15. The third-order valence-corrected chi connectivity index (χ3v) is 7.72. The Hall–Kier alpha value is -4.39. The topological polar surface area (TPSA) is 136 Å². The van der Waals surface area contributed by atoms with Crippen molar-refractivity contribution >= 4 is 37.8 Å². The van der Waals surface area contributed by atoms with Crippen LogP contribution in [0, 0.1) is 0 Å². The van der Waals surface area contributed by atoms with Gasteiger partial charge in [-0.15, -0.1) is 0 Å². The fraction of sp³-hybridized carbons (Fsp3) is 0.417. The molecule has 0 unspecified atom stereocenters. The minimum absolute atomic E-state index is 0.0134. The number of anilines is 2. The fourth-order valence-electron chi connectivity index (χ4n) is 4.52. The van der Waals surface area contributed by atoms with E-state index >= 15 is 0 Å². The zero-order valence-electron chi connectivity index (χ0n) is 28.9. The number of carbonyl (C=O) groups is 3. The zero-order valence-corrected chi connectivity index (χ0v) is 29.9. The minimum atomic E-state index is -1.98. The highest BCUT2D eigenvalue weighted by Crippen LogP contribution is 2.20. The average Bonchev–Trinajstić information content (AvgIpc) is 3.01. The number of esters is 1. The van der Waals surface area contributed by atoms with Crippen LogP contribution in [0.15, 0.2) is 78.9 Å². The maximum atomic E-state index is 13.6. The summed E-state index contributed by atoms with van der Waals surface area (Å²) < 4.78 is 22.8. The molecule has 11 nitrogen and oxygen atoms in total. The highest BCUT2D eigenvalue weighted by atomic mass is 28.4. The van der Waals surface area contributed by atoms with E-state index < -0.39 is 44.2 Å². The lowest BCUT2D eigenvalue weighted by molar-refractivity contribution is -0.00784. The van der Waals surface area contributed by atoms with E-state index in [1.54, 1.807) is 76.2 Å². The quantitative estimate of drug-likeness (QED) is 0.116. The number of aliphatic hydroxyl groups excluding tert-OH is 1. The molecule has 12 heteroatoms. The Morgan fingerprint density at radius 1 is 0.875 bits per heavy atom. The van der Waals surface area contributed by atoms with Gasteiger partial charge < -0.3 is 34.4 Å². The van der Waals surface area contributed by atoms with Gasteiger partial charge >= 0.3 is 18.1 Å². The van der Waals surface area contributed by atoms with E-state index in [9.17, 15) is 19.5 Å². The number of hydrogen-bond acceptors (Lipinski definition) is 8. The minimum Gasteiger partial charge on any atom is -0.491 e. The van der Waals surface area contributed by atoms with Gasteiger partial charge in [-0.25, -0.2) is 14.4 Å². The van der Waals surface area contributed by atoms with Gasteiger partial charge in [0.2, 0.25) is 0 Å². The van der Waals surface area contributed by atoms with E-state index in [0.717, 1.165) is 5.56 Å².